The summed E-state index contributed by atoms with van der Waals surface area (Å²) in [6, 6.07) is 52.8. The third-order valence-corrected chi connectivity index (χ3v) is 15.4. The van der Waals surface area contributed by atoms with Gasteiger partial charge >= 0.3 is 0 Å². The van der Waals surface area contributed by atoms with Crippen LogP contribution in [0, 0.1) is 13.8 Å². The van der Waals surface area contributed by atoms with E-state index in [0.29, 0.717) is 0 Å². The van der Waals surface area contributed by atoms with Gasteiger partial charge in [0.1, 0.15) is 0 Å². The van der Waals surface area contributed by atoms with Crippen molar-refractivity contribution in [1.82, 2.24) is 0 Å². The van der Waals surface area contributed by atoms with Crippen molar-refractivity contribution in [2.24, 2.45) is 0 Å². The third kappa shape index (κ3) is 7.22. The summed E-state index contributed by atoms with van der Waals surface area (Å²) in [6.07, 6.45) is 4.72. The van der Waals surface area contributed by atoms with Gasteiger partial charge in [-0.25, -0.2) is 0 Å². The van der Waals surface area contributed by atoms with Crippen LogP contribution in [0.25, 0.3) is 33.4 Å². The number of rotatable bonds is 6. The molecule has 0 atom stereocenters. The van der Waals surface area contributed by atoms with Crippen LogP contribution in [-0.4, -0.2) is 7.28 Å². The molecular weight excluding hydrogens is 759 g/mol. The molecule has 316 valence electrons. The molecule has 10 rings (SSSR count). The number of hydrogen-bond acceptors (Lipinski definition) is 2. The first-order chi connectivity index (χ1) is 30.0. The van der Waals surface area contributed by atoms with Crippen molar-refractivity contribution in [2.45, 2.75) is 117 Å². The molecule has 63 heavy (non-hydrogen) atoms. The van der Waals surface area contributed by atoms with Crippen LogP contribution in [-0.2, 0) is 21.7 Å². The van der Waals surface area contributed by atoms with E-state index in [-0.39, 0.29) is 21.7 Å². The van der Waals surface area contributed by atoms with Gasteiger partial charge in [0, 0.05) is 34.0 Å². The van der Waals surface area contributed by atoms with Gasteiger partial charge in [0.25, 0.3) is 0 Å². The monoisotopic (exact) mass is 823 g/mol. The summed E-state index contributed by atoms with van der Waals surface area (Å²) < 4.78 is 0. The lowest BCUT2D eigenvalue weighted by Crippen LogP contribution is -2.44. The van der Waals surface area contributed by atoms with E-state index < -0.39 is 0 Å². The smallest absolute Gasteiger partial charge is 0.198 e. The summed E-state index contributed by atoms with van der Waals surface area (Å²) in [6.45, 7) is 24.2. The Labute approximate surface area is 378 Å². The van der Waals surface area contributed by atoms with E-state index >= 15 is 0 Å². The molecular formula is C60H63BN2. The van der Waals surface area contributed by atoms with E-state index in [1.165, 1.54) is 126 Å². The molecule has 0 aromatic heterocycles. The first-order valence-electron chi connectivity index (χ1n) is 23.4. The summed E-state index contributed by atoms with van der Waals surface area (Å²) in [7, 11) is 0.874. The highest BCUT2D eigenvalue weighted by Crippen LogP contribution is 2.52. The summed E-state index contributed by atoms with van der Waals surface area (Å²) in [4.78, 5) is 2.63. The van der Waals surface area contributed by atoms with Crippen LogP contribution in [0.2, 0.25) is 0 Å². The molecule has 0 spiro atoms. The van der Waals surface area contributed by atoms with E-state index in [1.807, 2.05) is 0 Å². The fraction of sp³-hybridized carbons (Fsp3) is 0.300. The Morgan fingerprint density at radius 1 is 0.444 bits per heavy atom. The Hall–Kier alpha value is -5.80. The van der Waals surface area contributed by atoms with E-state index in [0.717, 1.165) is 13.0 Å². The summed E-state index contributed by atoms with van der Waals surface area (Å²) in [5, 5.41) is 4.03. The maximum atomic E-state index is 4.03. The average molecular weight is 823 g/mol. The molecule has 1 aliphatic heterocycles. The molecule has 3 heteroatoms. The highest BCUT2D eigenvalue weighted by molar-refractivity contribution is 6.73. The molecule has 1 N–H and O–H groups in total. The number of nitrogens with one attached hydrogen (secondary N) is 1. The maximum Gasteiger partial charge on any atom is 0.198 e. The normalized spacial score (nSPS) is 17.4. The minimum atomic E-state index is 0.0625. The first kappa shape index (κ1) is 41.2. The Bertz CT molecular complexity index is 2900. The zero-order chi connectivity index (χ0) is 44.1. The second-order valence-corrected chi connectivity index (χ2v) is 21.8. The van der Waals surface area contributed by atoms with Gasteiger partial charge in [0.05, 0.1) is 0 Å². The lowest BCUT2D eigenvalue weighted by atomic mass is 9.55. The molecule has 0 bridgehead atoms. The first-order valence-corrected chi connectivity index (χ1v) is 23.4. The molecule has 0 saturated carbocycles. The molecule has 3 aliphatic rings. The third-order valence-electron chi connectivity index (χ3n) is 15.4. The largest absolute Gasteiger partial charge is 0.355 e. The van der Waals surface area contributed by atoms with E-state index in [4.69, 9.17) is 0 Å². The molecule has 0 amide bonds. The predicted octanol–water partition coefficient (Wildman–Crippen LogP) is 14.9. The fourth-order valence-corrected chi connectivity index (χ4v) is 11.2. The fourth-order valence-electron chi connectivity index (χ4n) is 11.2. The van der Waals surface area contributed by atoms with Crippen molar-refractivity contribution < 1.29 is 0 Å². The molecule has 0 fully saturated rings. The average Bonchev–Trinajstić information content (AvgIpc) is 3.26. The van der Waals surface area contributed by atoms with Crippen molar-refractivity contribution >= 4 is 46.6 Å². The molecule has 7 aromatic carbocycles. The molecule has 0 saturated heterocycles. The molecule has 1 heterocycles. The second-order valence-electron chi connectivity index (χ2n) is 21.8. The lowest BCUT2D eigenvalue weighted by Gasteiger charge is -2.44. The minimum absolute atomic E-state index is 0.0625. The van der Waals surface area contributed by atoms with Crippen molar-refractivity contribution in [3.8, 4) is 33.4 Å². The minimum Gasteiger partial charge on any atom is -0.355 e. The van der Waals surface area contributed by atoms with Crippen molar-refractivity contribution in [1.29, 1.82) is 0 Å². The SMILES string of the molecule is Cc1cc(-c2cc3c(cc2Nc2ccc(-c4ccccc4)cc2)C(C)(C)CCC3(C)C)c2c(c1)N(c1ccc(-c3ccccc3)cc1C)c1cc3c(cc1B2)C(C)(C)CCC3(C)C. The van der Waals surface area contributed by atoms with Crippen LogP contribution in [0.4, 0.5) is 28.4 Å². The number of nitrogens with zero attached hydrogens (tertiary/aromatic N) is 1. The van der Waals surface area contributed by atoms with E-state index in [1.54, 1.807) is 0 Å². The standard InChI is InChI=1S/C60H63BN2/c1-38-31-46(45-34-47-49(59(7,8)29-27-57(47,3)4)36-52(45)62-44-24-21-42(22-25-44)40-17-13-11-14-18-40)56-55(32-38)63(53-26-23-43(33-39(53)2)41-19-15-12-16-20-41)54-37-50-48(35-51(54)61-56)58(5,6)28-30-60(50,9)10/h11-26,31-37,61-62H,27-30H2,1-10H3. The Kier molecular flexibility index (Phi) is 9.75. The zero-order valence-corrected chi connectivity index (χ0v) is 39.3. The van der Waals surface area contributed by atoms with E-state index in [9.17, 15) is 0 Å². The molecule has 0 radical (unpaired) electrons. The van der Waals surface area contributed by atoms with Crippen molar-refractivity contribution in [3.63, 3.8) is 0 Å². The van der Waals surface area contributed by atoms with Gasteiger partial charge in [0.15, 0.2) is 7.28 Å². The van der Waals surface area contributed by atoms with Gasteiger partial charge < -0.3 is 10.2 Å². The van der Waals surface area contributed by atoms with Gasteiger partial charge in [-0.1, -0.05) is 152 Å². The van der Waals surface area contributed by atoms with E-state index in [2.05, 4.69) is 219 Å². The quantitative estimate of drug-likeness (QED) is 0.168. The van der Waals surface area contributed by atoms with Crippen LogP contribution in [0.1, 0.15) is 114 Å². The zero-order valence-electron chi connectivity index (χ0n) is 39.3. The number of aryl methyl sites for hydroxylation is 2. The number of hydrogen-bond donors (Lipinski definition) is 1. The number of benzene rings is 7. The van der Waals surface area contributed by atoms with Crippen molar-refractivity contribution in [2.75, 3.05) is 10.2 Å². The summed E-state index contributed by atoms with van der Waals surface area (Å²) >= 11 is 0. The maximum absolute atomic E-state index is 4.03. The highest BCUT2D eigenvalue weighted by atomic mass is 15.2. The highest BCUT2D eigenvalue weighted by Gasteiger charge is 2.41. The molecule has 2 aliphatic carbocycles. The van der Waals surface area contributed by atoms with Gasteiger partial charge in [0.2, 0.25) is 0 Å². The second kappa shape index (κ2) is 14.9. The Morgan fingerprint density at radius 3 is 1.54 bits per heavy atom. The lowest BCUT2D eigenvalue weighted by molar-refractivity contribution is 0.332. The van der Waals surface area contributed by atoms with Crippen LogP contribution in [0.5, 0.6) is 0 Å². The number of anilines is 5. The Balaban J connectivity index is 1.20. The van der Waals surface area contributed by atoms with Gasteiger partial charge in [-0.2, -0.15) is 0 Å². The molecule has 2 nitrogen and oxygen atoms in total. The summed E-state index contributed by atoms with van der Waals surface area (Å²) in [5.41, 5.74) is 25.3. The van der Waals surface area contributed by atoms with Crippen LogP contribution in [0.3, 0.4) is 0 Å². The molecule has 7 aromatic rings. The van der Waals surface area contributed by atoms with Crippen molar-refractivity contribution in [3.05, 3.63) is 173 Å². The number of fused-ring (bicyclic) bond motifs is 4. The van der Waals surface area contributed by atoms with Gasteiger partial charge in [-0.15, -0.1) is 0 Å². The predicted molar refractivity (Wildman–Crippen MR) is 274 cm³/mol. The van der Waals surface area contributed by atoms with Crippen LogP contribution in [0.15, 0.2) is 140 Å². The van der Waals surface area contributed by atoms with Gasteiger partial charge in [-0.3, -0.25) is 0 Å². The topological polar surface area (TPSA) is 15.3 Å². The van der Waals surface area contributed by atoms with Crippen LogP contribution < -0.4 is 21.1 Å². The summed E-state index contributed by atoms with van der Waals surface area (Å²) in [5.74, 6) is 0. The van der Waals surface area contributed by atoms with Gasteiger partial charge in [-0.05, 0) is 176 Å². The molecule has 0 unspecified atom stereocenters. The Morgan fingerprint density at radius 2 is 0.952 bits per heavy atom. The van der Waals surface area contributed by atoms with Crippen LogP contribution >= 0.6 is 0 Å².